The van der Waals surface area contributed by atoms with E-state index in [1.165, 1.54) is 12.0 Å². The van der Waals surface area contributed by atoms with Gasteiger partial charge >= 0.3 is 12.1 Å². The van der Waals surface area contributed by atoms with Crippen molar-refractivity contribution in [1.82, 2.24) is 4.90 Å². The van der Waals surface area contributed by atoms with Gasteiger partial charge in [-0.1, -0.05) is 22.0 Å². The molecule has 0 radical (unpaired) electrons. The second-order valence-corrected chi connectivity index (χ2v) is 5.90. The molecule has 1 aliphatic carbocycles. The number of halogens is 4. The minimum Gasteiger partial charge on any atom is -0.465 e. The second-order valence-electron chi connectivity index (χ2n) is 5.05. The Labute approximate surface area is 129 Å². The van der Waals surface area contributed by atoms with Gasteiger partial charge in [0.05, 0.1) is 19.2 Å². The molecule has 0 atom stereocenters. The molecule has 0 unspecified atom stereocenters. The Morgan fingerprint density at radius 3 is 2.57 bits per heavy atom. The van der Waals surface area contributed by atoms with Gasteiger partial charge in [0.2, 0.25) is 0 Å². The summed E-state index contributed by atoms with van der Waals surface area (Å²) in [4.78, 5) is 12.8. The molecule has 0 aromatic heterocycles. The fraction of sp³-hybridized carbons (Fsp3) is 0.500. The summed E-state index contributed by atoms with van der Waals surface area (Å²) >= 11 is 3.31. The number of hydrogen-bond donors (Lipinski definition) is 0. The van der Waals surface area contributed by atoms with Gasteiger partial charge < -0.3 is 4.74 Å². The highest BCUT2D eigenvalue weighted by Crippen LogP contribution is 2.32. The molecule has 0 spiro atoms. The number of carbonyl (C=O) groups is 1. The van der Waals surface area contributed by atoms with E-state index in [4.69, 9.17) is 0 Å². The van der Waals surface area contributed by atoms with E-state index in [1.54, 1.807) is 18.2 Å². The minimum atomic E-state index is -4.21. The SMILES string of the molecule is COC(=O)c1ccc(CN(CC(F)(F)F)C2CC2)c(Br)c1. The standard InChI is InChI=1S/C14H15BrF3NO2/c1-21-13(20)9-2-3-10(12(15)6-9)7-19(11-4-5-11)8-14(16,17)18/h2-3,6,11H,4-5,7-8H2,1H3. The van der Waals surface area contributed by atoms with Crippen molar-refractivity contribution in [1.29, 1.82) is 0 Å². The largest absolute Gasteiger partial charge is 0.465 e. The predicted molar refractivity (Wildman–Crippen MR) is 75.0 cm³/mol. The maximum absolute atomic E-state index is 12.6. The van der Waals surface area contributed by atoms with Crippen molar-refractivity contribution in [3.8, 4) is 0 Å². The first kappa shape index (κ1) is 16.3. The van der Waals surface area contributed by atoms with E-state index in [-0.39, 0.29) is 12.6 Å². The van der Waals surface area contributed by atoms with Gasteiger partial charge in [0.15, 0.2) is 0 Å². The van der Waals surface area contributed by atoms with Gasteiger partial charge in [0.1, 0.15) is 0 Å². The van der Waals surface area contributed by atoms with Crippen LogP contribution in [-0.4, -0.2) is 36.7 Å². The molecule has 3 nitrogen and oxygen atoms in total. The van der Waals surface area contributed by atoms with Crippen LogP contribution < -0.4 is 0 Å². The number of rotatable bonds is 5. The normalized spacial score (nSPS) is 15.3. The molecule has 116 valence electrons. The molecule has 1 aromatic rings. The predicted octanol–water partition coefficient (Wildman–Crippen LogP) is 3.76. The van der Waals surface area contributed by atoms with Crippen LogP contribution in [0.3, 0.4) is 0 Å². The molecular formula is C14H15BrF3NO2. The molecule has 1 aromatic carbocycles. The molecule has 1 fully saturated rings. The number of nitrogens with zero attached hydrogens (tertiary/aromatic N) is 1. The zero-order chi connectivity index (χ0) is 15.6. The third-order valence-corrected chi connectivity index (χ3v) is 4.03. The Morgan fingerprint density at radius 1 is 1.43 bits per heavy atom. The molecule has 1 saturated carbocycles. The average molecular weight is 366 g/mol. The molecule has 0 saturated heterocycles. The van der Waals surface area contributed by atoms with Gasteiger partial charge in [-0.15, -0.1) is 0 Å². The van der Waals surface area contributed by atoms with E-state index in [2.05, 4.69) is 20.7 Å². The van der Waals surface area contributed by atoms with Gasteiger partial charge in [-0.05, 0) is 30.5 Å². The van der Waals surface area contributed by atoms with Crippen molar-refractivity contribution < 1.29 is 22.7 Å². The van der Waals surface area contributed by atoms with Crippen molar-refractivity contribution in [2.45, 2.75) is 31.6 Å². The van der Waals surface area contributed by atoms with Gasteiger partial charge in [0, 0.05) is 17.1 Å². The summed E-state index contributed by atoms with van der Waals surface area (Å²) in [5.74, 6) is -0.475. The fourth-order valence-electron chi connectivity index (χ4n) is 2.12. The summed E-state index contributed by atoms with van der Waals surface area (Å²) in [5.41, 5.74) is 1.08. The summed E-state index contributed by atoms with van der Waals surface area (Å²) in [6.45, 7) is -0.713. The third kappa shape index (κ3) is 4.71. The van der Waals surface area contributed by atoms with E-state index < -0.39 is 18.7 Å². The first-order valence-electron chi connectivity index (χ1n) is 6.47. The van der Waals surface area contributed by atoms with E-state index >= 15 is 0 Å². The van der Waals surface area contributed by atoms with Crippen LogP contribution in [0.25, 0.3) is 0 Å². The molecule has 0 aliphatic heterocycles. The number of ether oxygens (including phenoxy) is 1. The summed E-state index contributed by atoms with van der Waals surface area (Å²) in [6.07, 6.45) is -2.61. The molecule has 21 heavy (non-hydrogen) atoms. The molecule has 1 aliphatic rings. The number of hydrogen-bond acceptors (Lipinski definition) is 3. The Balaban J connectivity index is 2.12. The monoisotopic (exact) mass is 365 g/mol. The summed E-state index contributed by atoms with van der Waals surface area (Å²) < 4.78 is 43.0. The van der Waals surface area contributed by atoms with E-state index in [0.29, 0.717) is 10.0 Å². The fourth-order valence-corrected chi connectivity index (χ4v) is 2.63. The van der Waals surface area contributed by atoms with Crippen LogP contribution in [0.1, 0.15) is 28.8 Å². The van der Waals surface area contributed by atoms with Crippen molar-refractivity contribution in [2.75, 3.05) is 13.7 Å². The van der Waals surface area contributed by atoms with E-state index in [1.807, 2.05) is 0 Å². The van der Waals surface area contributed by atoms with Crippen LogP contribution in [0.15, 0.2) is 22.7 Å². The quantitative estimate of drug-likeness (QED) is 0.744. The van der Waals surface area contributed by atoms with Crippen molar-refractivity contribution in [3.63, 3.8) is 0 Å². The second kappa shape index (κ2) is 6.36. The molecule has 0 amide bonds. The Bertz CT molecular complexity index is 529. The maximum Gasteiger partial charge on any atom is 0.401 e. The van der Waals surface area contributed by atoms with Crippen LogP contribution in [0, 0.1) is 0 Å². The molecule has 2 rings (SSSR count). The minimum absolute atomic E-state index is 0.00110. The lowest BCUT2D eigenvalue weighted by molar-refractivity contribution is -0.148. The lowest BCUT2D eigenvalue weighted by Crippen LogP contribution is -2.35. The molecule has 0 heterocycles. The Kier molecular flexibility index (Phi) is 4.93. The number of alkyl halides is 3. The lowest BCUT2D eigenvalue weighted by atomic mass is 10.1. The number of benzene rings is 1. The van der Waals surface area contributed by atoms with Crippen LogP contribution >= 0.6 is 15.9 Å². The highest BCUT2D eigenvalue weighted by Gasteiger charge is 2.38. The Hall–Kier alpha value is -1.08. The van der Waals surface area contributed by atoms with Gasteiger partial charge in [-0.25, -0.2) is 4.79 Å². The highest BCUT2D eigenvalue weighted by molar-refractivity contribution is 9.10. The molecule has 7 heteroatoms. The lowest BCUT2D eigenvalue weighted by Gasteiger charge is -2.24. The number of carbonyl (C=O) groups excluding carboxylic acids is 1. The highest BCUT2D eigenvalue weighted by atomic mass is 79.9. The zero-order valence-corrected chi connectivity index (χ0v) is 13.0. The van der Waals surface area contributed by atoms with Crippen LogP contribution in [-0.2, 0) is 11.3 Å². The third-order valence-electron chi connectivity index (χ3n) is 3.29. The zero-order valence-electron chi connectivity index (χ0n) is 11.4. The number of esters is 1. The van der Waals surface area contributed by atoms with Crippen molar-refractivity contribution >= 4 is 21.9 Å². The topological polar surface area (TPSA) is 29.5 Å². The number of methoxy groups -OCH3 is 1. The smallest absolute Gasteiger partial charge is 0.401 e. The van der Waals surface area contributed by atoms with Crippen LogP contribution in [0.5, 0.6) is 0 Å². The van der Waals surface area contributed by atoms with Gasteiger partial charge in [-0.3, -0.25) is 4.90 Å². The maximum atomic E-state index is 12.6. The van der Waals surface area contributed by atoms with Crippen LogP contribution in [0.2, 0.25) is 0 Å². The first-order valence-corrected chi connectivity index (χ1v) is 7.27. The molecule has 0 bridgehead atoms. The van der Waals surface area contributed by atoms with Crippen molar-refractivity contribution in [2.24, 2.45) is 0 Å². The summed E-state index contributed by atoms with van der Waals surface area (Å²) in [5, 5.41) is 0. The van der Waals surface area contributed by atoms with Gasteiger partial charge in [-0.2, -0.15) is 13.2 Å². The average Bonchev–Trinajstić information content (AvgIpc) is 3.22. The summed E-state index contributed by atoms with van der Waals surface area (Å²) in [6, 6.07) is 4.78. The van der Waals surface area contributed by atoms with Crippen LogP contribution in [0.4, 0.5) is 13.2 Å². The van der Waals surface area contributed by atoms with Crippen molar-refractivity contribution in [3.05, 3.63) is 33.8 Å². The Morgan fingerprint density at radius 2 is 2.10 bits per heavy atom. The van der Waals surface area contributed by atoms with E-state index in [0.717, 1.165) is 18.4 Å². The first-order chi connectivity index (χ1) is 9.80. The molecular weight excluding hydrogens is 351 g/mol. The molecule has 0 N–H and O–H groups in total. The van der Waals surface area contributed by atoms with Gasteiger partial charge in [0.25, 0.3) is 0 Å². The summed E-state index contributed by atoms with van der Waals surface area (Å²) in [7, 11) is 1.28. The van der Waals surface area contributed by atoms with E-state index in [9.17, 15) is 18.0 Å².